The molecule has 0 saturated carbocycles. The summed E-state index contributed by atoms with van der Waals surface area (Å²) in [6, 6.07) is 11.3. The van der Waals surface area contributed by atoms with Crippen molar-refractivity contribution >= 4 is 28.1 Å². The molecule has 1 aliphatic rings. The number of hydrogen-bond acceptors (Lipinski definition) is 7. The van der Waals surface area contributed by atoms with Gasteiger partial charge in [0.05, 0.1) is 23.8 Å². The number of fused-ring (bicyclic) bond motifs is 2. The van der Waals surface area contributed by atoms with Crippen LogP contribution in [0.2, 0.25) is 0 Å². The Morgan fingerprint density at radius 2 is 2.02 bits per heavy atom. The number of halogens is 4. The Morgan fingerprint density at radius 1 is 1.17 bits per heavy atom. The lowest BCUT2D eigenvalue weighted by Gasteiger charge is -2.33. The molecule has 14 heteroatoms. The number of pyridine rings is 1. The number of rotatable bonds is 7. The molecule has 41 heavy (non-hydrogen) atoms. The van der Waals surface area contributed by atoms with E-state index in [-0.39, 0.29) is 41.7 Å². The van der Waals surface area contributed by atoms with Gasteiger partial charge in [-0.15, -0.1) is 0 Å². The molecule has 0 spiro atoms. The van der Waals surface area contributed by atoms with E-state index in [9.17, 15) is 22.4 Å². The van der Waals surface area contributed by atoms with Gasteiger partial charge in [-0.2, -0.15) is 18.2 Å². The molecule has 1 fully saturated rings. The number of likely N-dealkylation sites (tertiary alicyclic amines) is 1. The number of anilines is 1. The van der Waals surface area contributed by atoms with Gasteiger partial charge in [-0.1, -0.05) is 17.3 Å². The van der Waals surface area contributed by atoms with Crippen molar-refractivity contribution in [3.05, 3.63) is 66.4 Å². The molecule has 0 radical (unpaired) electrons. The summed E-state index contributed by atoms with van der Waals surface area (Å²) in [4.78, 5) is 23.0. The number of amides is 1. The fourth-order valence-electron chi connectivity index (χ4n) is 5.09. The summed E-state index contributed by atoms with van der Waals surface area (Å²) in [5.74, 6) is -0.544. The molecule has 2 atom stereocenters. The van der Waals surface area contributed by atoms with Gasteiger partial charge in [-0.05, 0) is 43.8 Å². The van der Waals surface area contributed by atoms with Crippen LogP contribution in [0.15, 0.2) is 59.4 Å². The summed E-state index contributed by atoms with van der Waals surface area (Å²) in [5.41, 5.74) is 1.67. The van der Waals surface area contributed by atoms with Crippen LogP contribution in [0.5, 0.6) is 0 Å². The maximum atomic E-state index is 14.7. The normalized spacial score (nSPS) is 18.3. The first-order valence-electron chi connectivity index (χ1n) is 13.0. The van der Waals surface area contributed by atoms with E-state index in [4.69, 9.17) is 4.52 Å². The van der Waals surface area contributed by atoms with Crippen LogP contribution in [0.1, 0.15) is 22.8 Å². The summed E-state index contributed by atoms with van der Waals surface area (Å²) < 4.78 is 63.7. The number of nitrogens with zero attached hydrogens (tertiary/aromatic N) is 6. The molecular formula is C27H26F4N8O2. The van der Waals surface area contributed by atoms with Crippen molar-refractivity contribution < 1.29 is 26.9 Å². The Balaban J connectivity index is 1.26. The molecule has 6 rings (SSSR count). The van der Waals surface area contributed by atoms with E-state index < -0.39 is 30.8 Å². The Hall–Kier alpha value is -4.46. The van der Waals surface area contributed by atoms with Crippen LogP contribution in [0, 0.1) is 0 Å². The number of nitrogens with one attached hydrogen (secondary N) is 2. The molecule has 2 N–H and O–H groups in total. The zero-order valence-corrected chi connectivity index (χ0v) is 21.9. The molecule has 0 aliphatic carbocycles. The average molecular weight is 571 g/mol. The van der Waals surface area contributed by atoms with Gasteiger partial charge in [0.15, 0.2) is 0 Å². The van der Waals surface area contributed by atoms with Crippen LogP contribution >= 0.6 is 0 Å². The zero-order valence-electron chi connectivity index (χ0n) is 21.9. The van der Waals surface area contributed by atoms with Crippen LogP contribution in [0.3, 0.4) is 0 Å². The standard InChI is InChI=1S/C27H26F4N8O2/c1-37-10-8-19(17(28)13-37)33-18-5-4-6-21-16(18)11-22(39(21)15-27(29,30)31)25-35-24(41-36-25)12-32-26(40)20-14-38-9-3-2-7-23(38)34-20/h2-7,9,11,14,17,19,33H,8,10,12-13,15H2,1H3,(H,32,40)/t17-,19+/m0/s1. The molecule has 0 unspecified atom stereocenters. The minimum absolute atomic E-state index is 0.00544. The summed E-state index contributed by atoms with van der Waals surface area (Å²) >= 11 is 0. The second-order valence-corrected chi connectivity index (χ2v) is 10.1. The van der Waals surface area contributed by atoms with Gasteiger partial charge >= 0.3 is 6.18 Å². The summed E-state index contributed by atoms with van der Waals surface area (Å²) in [7, 11) is 1.84. The number of aromatic nitrogens is 5. The second-order valence-electron chi connectivity index (χ2n) is 10.1. The van der Waals surface area contributed by atoms with E-state index in [1.165, 1.54) is 6.07 Å². The topological polar surface area (TPSA) is 106 Å². The fraction of sp³-hybridized carbons (Fsp3) is 0.333. The van der Waals surface area contributed by atoms with Crippen LogP contribution in [-0.4, -0.2) is 73.4 Å². The van der Waals surface area contributed by atoms with Crippen LogP contribution in [-0.2, 0) is 13.1 Å². The largest absolute Gasteiger partial charge is 0.406 e. The first-order chi connectivity index (χ1) is 19.6. The van der Waals surface area contributed by atoms with Gasteiger partial charge in [0.2, 0.25) is 11.7 Å². The van der Waals surface area contributed by atoms with Crippen LogP contribution < -0.4 is 10.6 Å². The third kappa shape index (κ3) is 5.59. The van der Waals surface area contributed by atoms with Crippen molar-refractivity contribution in [1.29, 1.82) is 0 Å². The molecule has 5 aromatic rings. The van der Waals surface area contributed by atoms with Crippen molar-refractivity contribution in [3.63, 3.8) is 0 Å². The second kappa shape index (κ2) is 10.5. The number of benzene rings is 1. The van der Waals surface area contributed by atoms with Crippen molar-refractivity contribution in [2.45, 2.75) is 37.9 Å². The van der Waals surface area contributed by atoms with Crippen LogP contribution in [0.4, 0.5) is 23.2 Å². The summed E-state index contributed by atoms with van der Waals surface area (Å²) in [5, 5.41) is 10.2. The number of carbonyl (C=O) groups is 1. The molecule has 1 saturated heterocycles. The van der Waals surface area contributed by atoms with E-state index in [0.29, 0.717) is 29.7 Å². The van der Waals surface area contributed by atoms with E-state index in [0.717, 1.165) is 4.57 Å². The fourth-order valence-corrected chi connectivity index (χ4v) is 5.09. The van der Waals surface area contributed by atoms with Gasteiger partial charge in [0.1, 0.15) is 24.1 Å². The molecule has 4 aromatic heterocycles. The van der Waals surface area contributed by atoms with E-state index >= 15 is 0 Å². The number of piperidine rings is 1. The zero-order chi connectivity index (χ0) is 28.7. The Bertz CT molecular complexity index is 1680. The van der Waals surface area contributed by atoms with Crippen molar-refractivity contribution in [2.24, 2.45) is 0 Å². The Kier molecular flexibility index (Phi) is 6.85. The molecule has 5 heterocycles. The van der Waals surface area contributed by atoms with Gasteiger partial charge in [-0.3, -0.25) is 4.79 Å². The highest BCUT2D eigenvalue weighted by atomic mass is 19.4. The Morgan fingerprint density at radius 3 is 2.80 bits per heavy atom. The smallest absolute Gasteiger partial charge is 0.379 e. The molecule has 1 amide bonds. The highest BCUT2D eigenvalue weighted by Gasteiger charge is 2.32. The predicted molar refractivity (Wildman–Crippen MR) is 142 cm³/mol. The lowest BCUT2D eigenvalue weighted by Crippen LogP contribution is -2.46. The third-order valence-electron chi connectivity index (χ3n) is 7.06. The van der Waals surface area contributed by atoms with Gasteiger partial charge < -0.3 is 29.0 Å². The monoisotopic (exact) mass is 570 g/mol. The van der Waals surface area contributed by atoms with Crippen molar-refractivity contribution in [1.82, 2.24) is 34.3 Å². The summed E-state index contributed by atoms with van der Waals surface area (Å²) in [6.45, 7) is -0.467. The maximum absolute atomic E-state index is 14.7. The first-order valence-corrected chi connectivity index (χ1v) is 13.0. The third-order valence-corrected chi connectivity index (χ3v) is 7.06. The van der Waals surface area contributed by atoms with E-state index in [1.54, 1.807) is 53.2 Å². The minimum Gasteiger partial charge on any atom is -0.379 e. The average Bonchev–Trinajstić information content (AvgIpc) is 3.66. The molecule has 10 nitrogen and oxygen atoms in total. The minimum atomic E-state index is -4.53. The highest BCUT2D eigenvalue weighted by Crippen LogP contribution is 2.35. The SMILES string of the molecule is CN1CC[C@@H](Nc2cccc3c2cc(-c2noc(CNC(=O)c4cn5ccccc5n4)n2)n3CC(F)(F)F)[C@@H](F)C1. The lowest BCUT2D eigenvalue weighted by atomic mass is 10.0. The van der Waals surface area contributed by atoms with E-state index in [1.807, 2.05) is 11.9 Å². The predicted octanol–water partition coefficient (Wildman–Crippen LogP) is 4.29. The molecule has 214 valence electrons. The van der Waals surface area contributed by atoms with Gasteiger partial charge in [0, 0.05) is 36.6 Å². The van der Waals surface area contributed by atoms with Crippen molar-refractivity contribution in [3.8, 4) is 11.5 Å². The van der Waals surface area contributed by atoms with E-state index in [2.05, 4.69) is 25.8 Å². The molecule has 1 aromatic carbocycles. The molecular weight excluding hydrogens is 544 g/mol. The summed E-state index contributed by atoms with van der Waals surface area (Å²) in [6.07, 6.45) is -1.78. The Labute approximate surface area is 230 Å². The number of carbonyl (C=O) groups excluding carboxylic acids is 1. The van der Waals surface area contributed by atoms with Gasteiger partial charge in [0.25, 0.3) is 5.91 Å². The van der Waals surface area contributed by atoms with Crippen LogP contribution in [0.25, 0.3) is 28.1 Å². The first kappa shape index (κ1) is 26.7. The lowest BCUT2D eigenvalue weighted by molar-refractivity contribution is -0.139. The highest BCUT2D eigenvalue weighted by molar-refractivity contribution is 5.96. The number of hydrogen-bond donors (Lipinski definition) is 2. The number of alkyl halides is 4. The number of imidazole rings is 1. The molecule has 1 aliphatic heterocycles. The maximum Gasteiger partial charge on any atom is 0.406 e. The van der Waals surface area contributed by atoms with Gasteiger partial charge in [-0.25, -0.2) is 9.37 Å². The molecule has 0 bridgehead atoms. The quantitative estimate of drug-likeness (QED) is 0.282. The van der Waals surface area contributed by atoms with Crippen molar-refractivity contribution in [2.75, 3.05) is 25.5 Å².